The van der Waals surface area contributed by atoms with Crippen LogP contribution in [0, 0.1) is 0 Å². The summed E-state index contributed by atoms with van der Waals surface area (Å²) in [6, 6.07) is 8.09. The molecular weight excluding hydrogens is 191 g/mol. The van der Waals surface area contributed by atoms with Crippen molar-refractivity contribution in [1.29, 1.82) is 0 Å². The van der Waals surface area contributed by atoms with E-state index in [0.717, 1.165) is 17.6 Å². The minimum Gasteiger partial charge on any atom is -0.405 e. The van der Waals surface area contributed by atoms with Gasteiger partial charge in [0.05, 0.1) is 19.8 Å². The van der Waals surface area contributed by atoms with Crippen LogP contribution in [0.25, 0.3) is 0 Å². The molecule has 1 aliphatic heterocycles. The van der Waals surface area contributed by atoms with Crippen molar-refractivity contribution in [2.24, 2.45) is 0 Å². The van der Waals surface area contributed by atoms with Crippen molar-refractivity contribution >= 4 is 12.6 Å². The molecule has 0 spiro atoms. The van der Waals surface area contributed by atoms with Gasteiger partial charge in [0.1, 0.15) is 0 Å². The third kappa shape index (κ3) is 2.59. The summed E-state index contributed by atoms with van der Waals surface area (Å²) in [6.07, 6.45) is 0. The molecule has 1 heterocycles. The zero-order chi connectivity index (χ0) is 10.5. The Labute approximate surface area is 90.5 Å². The first kappa shape index (κ1) is 10.7. The second-order valence-corrected chi connectivity index (χ2v) is 3.41. The first-order chi connectivity index (χ1) is 7.42. The third-order valence-corrected chi connectivity index (χ3v) is 2.39. The SMILES string of the molecule is CCOCc1ccccc1B1OCCO1. The van der Waals surface area contributed by atoms with Crippen molar-refractivity contribution in [3.63, 3.8) is 0 Å². The minimum atomic E-state index is -0.207. The standard InChI is InChI=1S/C11H15BO3/c1-2-13-9-10-5-3-4-6-11(10)12-14-7-8-15-12/h3-6H,2,7-9H2,1H3. The number of benzene rings is 1. The highest BCUT2D eigenvalue weighted by Gasteiger charge is 2.28. The predicted molar refractivity (Wildman–Crippen MR) is 59.1 cm³/mol. The van der Waals surface area contributed by atoms with E-state index in [1.54, 1.807) is 0 Å². The molecule has 1 aromatic carbocycles. The lowest BCUT2D eigenvalue weighted by atomic mass is 9.76. The maximum Gasteiger partial charge on any atom is 0.494 e. The maximum atomic E-state index is 5.48. The van der Waals surface area contributed by atoms with Crippen molar-refractivity contribution in [3.8, 4) is 0 Å². The molecule has 0 bridgehead atoms. The number of ether oxygens (including phenoxy) is 1. The highest BCUT2D eigenvalue weighted by molar-refractivity contribution is 6.62. The molecule has 0 atom stereocenters. The Hall–Kier alpha value is -0.835. The lowest BCUT2D eigenvalue weighted by Gasteiger charge is -2.10. The highest BCUT2D eigenvalue weighted by Crippen LogP contribution is 2.06. The molecule has 2 rings (SSSR count). The van der Waals surface area contributed by atoms with Crippen LogP contribution in [0.1, 0.15) is 12.5 Å². The van der Waals surface area contributed by atoms with Crippen molar-refractivity contribution < 1.29 is 14.0 Å². The molecule has 1 aliphatic rings. The first-order valence-electron chi connectivity index (χ1n) is 5.30. The second-order valence-electron chi connectivity index (χ2n) is 3.41. The molecule has 0 aliphatic carbocycles. The molecule has 1 fully saturated rings. The van der Waals surface area contributed by atoms with E-state index in [4.69, 9.17) is 14.0 Å². The zero-order valence-electron chi connectivity index (χ0n) is 8.94. The van der Waals surface area contributed by atoms with E-state index in [1.165, 1.54) is 0 Å². The van der Waals surface area contributed by atoms with E-state index < -0.39 is 0 Å². The predicted octanol–water partition coefficient (Wildman–Crippen LogP) is 0.965. The largest absolute Gasteiger partial charge is 0.494 e. The Morgan fingerprint density at radius 2 is 2.00 bits per heavy atom. The molecule has 0 amide bonds. The molecule has 80 valence electrons. The summed E-state index contributed by atoms with van der Waals surface area (Å²) in [7, 11) is -0.207. The molecule has 4 heteroatoms. The molecule has 0 radical (unpaired) electrons. The number of hydrogen-bond donors (Lipinski definition) is 0. The average molecular weight is 206 g/mol. The Bertz CT molecular complexity index is 310. The van der Waals surface area contributed by atoms with Gasteiger partial charge in [0.25, 0.3) is 0 Å². The molecule has 3 nitrogen and oxygen atoms in total. The maximum absolute atomic E-state index is 5.48. The minimum absolute atomic E-state index is 0.207. The van der Waals surface area contributed by atoms with Gasteiger partial charge in [-0.15, -0.1) is 0 Å². The van der Waals surface area contributed by atoms with E-state index in [2.05, 4.69) is 6.07 Å². The van der Waals surface area contributed by atoms with E-state index in [9.17, 15) is 0 Å². The average Bonchev–Trinajstić information content (AvgIpc) is 2.80. The Balaban J connectivity index is 2.13. The Morgan fingerprint density at radius 3 is 2.73 bits per heavy atom. The van der Waals surface area contributed by atoms with E-state index in [-0.39, 0.29) is 7.12 Å². The second kappa shape index (κ2) is 5.30. The van der Waals surface area contributed by atoms with Crippen molar-refractivity contribution in [1.82, 2.24) is 0 Å². The summed E-state index contributed by atoms with van der Waals surface area (Å²) >= 11 is 0. The molecule has 0 aromatic heterocycles. The fourth-order valence-corrected chi connectivity index (χ4v) is 1.65. The van der Waals surface area contributed by atoms with Crippen LogP contribution < -0.4 is 5.46 Å². The van der Waals surface area contributed by atoms with E-state index in [0.29, 0.717) is 19.8 Å². The van der Waals surface area contributed by atoms with Gasteiger partial charge in [-0.2, -0.15) is 0 Å². The highest BCUT2D eigenvalue weighted by atomic mass is 16.6. The van der Waals surface area contributed by atoms with Gasteiger partial charge in [-0.3, -0.25) is 0 Å². The van der Waals surface area contributed by atoms with Gasteiger partial charge in [-0.05, 0) is 17.9 Å². The number of hydrogen-bond acceptors (Lipinski definition) is 3. The monoisotopic (exact) mass is 206 g/mol. The molecule has 0 N–H and O–H groups in total. The van der Waals surface area contributed by atoms with Gasteiger partial charge in [0, 0.05) is 6.61 Å². The fraction of sp³-hybridized carbons (Fsp3) is 0.455. The normalized spacial score (nSPS) is 15.9. The summed E-state index contributed by atoms with van der Waals surface area (Å²) in [5, 5.41) is 0. The van der Waals surface area contributed by atoms with Crippen molar-refractivity contribution in [2.45, 2.75) is 13.5 Å². The lowest BCUT2D eigenvalue weighted by molar-refractivity contribution is 0.134. The Kier molecular flexibility index (Phi) is 3.77. The van der Waals surface area contributed by atoms with Crippen LogP contribution in [0.15, 0.2) is 24.3 Å². The zero-order valence-corrected chi connectivity index (χ0v) is 8.94. The Morgan fingerprint density at radius 1 is 1.27 bits per heavy atom. The molecule has 1 saturated heterocycles. The van der Waals surface area contributed by atoms with Crippen LogP contribution in [-0.4, -0.2) is 26.9 Å². The van der Waals surface area contributed by atoms with E-state index in [1.807, 2.05) is 25.1 Å². The summed E-state index contributed by atoms with van der Waals surface area (Å²) in [5.41, 5.74) is 2.23. The molecule has 1 aromatic rings. The molecular formula is C11H15BO3. The quantitative estimate of drug-likeness (QED) is 0.687. The van der Waals surface area contributed by atoms with Crippen LogP contribution >= 0.6 is 0 Å². The molecule has 15 heavy (non-hydrogen) atoms. The van der Waals surface area contributed by atoms with Gasteiger partial charge in [0.2, 0.25) is 0 Å². The summed E-state index contributed by atoms with van der Waals surface area (Å²) in [4.78, 5) is 0. The van der Waals surface area contributed by atoms with Crippen LogP contribution in [0.3, 0.4) is 0 Å². The topological polar surface area (TPSA) is 27.7 Å². The lowest BCUT2D eigenvalue weighted by Crippen LogP contribution is -2.34. The van der Waals surface area contributed by atoms with Gasteiger partial charge in [0.15, 0.2) is 0 Å². The van der Waals surface area contributed by atoms with Crippen molar-refractivity contribution in [3.05, 3.63) is 29.8 Å². The van der Waals surface area contributed by atoms with Gasteiger partial charge in [-0.25, -0.2) is 0 Å². The fourth-order valence-electron chi connectivity index (χ4n) is 1.65. The van der Waals surface area contributed by atoms with Crippen LogP contribution in [0.5, 0.6) is 0 Å². The molecule has 0 unspecified atom stereocenters. The third-order valence-electron chi connectivity index (χ3n) is 2.39. The van der Waals surface area contributed by atoms with E-state index >= 15 is 0 Å². The summed E-state index contributed by atoms with van der Waals surface area (Å²) in [5.74, 6) is 0. The van der Waals surface area contributed by atoms with Gasteiger partial charge < -0.3 is 14.0 Å². The first-order valence-corrected chi connectivity index (χ1v) is 5.30. The van der Waals surface area contributed by atoms with Gasteiger partial charge in [-0.1, -0.05) is 24.3 Å². The number of rotatable bonds is 4. The van der Waals surface area contributed by atoms with Crippen molar-refractivity contribution in [2.75, 3.05) is 19.8 Å². The van der Waals surface area contributed by atoms with Gasteiger partial charge >= 0.3 is 7.12 Å². The van der Waals surface area contributed by atoms with Crippen LogP contribution in [0.4, 0.5) is 0 Å². The summed E-state index contributed by atoms with van der Waals surface area (Å²) < 4.78 is 16.4. The van der Waals surface area contributed by atoms with Crippen LogP contribution in [0.2, 0.25) is 0 Å². The molecule has 0 saturated carbocycles. The van der Waals surface area contributed by atoms with Crippen LogP contribution in [-0.2, 0) is 20.7 Å². The smallest absolute Gasteiger partial charge is 0.405 e. The summed E-state index contributed by atoms with van der Waals surface area (Å²) in [6.45, 7) is 4.68.